The van der Waals surface area contributed by atoms with Crippen LogP contribution in [0.3, 0.4) is 0 Å². The Morgan fingerprint density at radius 1 is 0.943 bits per heavy atom. The van der Waals surface area contributed by atoms with Gasteiger partial charge in [0.05, 0.1) is 23.5 Å². The van der Waals surface area contributed by atoms with Crippen molar-refractivity contribution in [2.45, 2.75) is 26.4 Å². The van der Waals surface area contributed by atoms with Gasteiger partial charge in [-0.15, -0.1) is 12.4 Å². The summed E-state index contributed by atoms with van der Waals surface area (Å²) in [5.41, 5.74) is 2.50. The van der Waals surface area contributed by atoms with Gasteiger partial charge in [0.2, 0.25) is 0 Å². The molecule has 3 aromatic rings. The summed E-state index contributed by atoms with van der Waals surface area (Å²) in [6.07, 6.45) is 4.91. The molecule has 4 rings (SSSR count). The molecule has 184 valence electrons. The lowest BCUT2D eigenvalue weighted by molar-refractivity contribution is 0.0740. The van der Waals surface area contributed by atoms with Crippen LogP contribution in [0.5, 0.6) is 0 Å². The quantitative estimate of drug-likeness (QED) is 0.519. The summed E-state index contributed by atoms with van der Waals surface area (Å²) in [6, 6.07) is 13.0. The molecule has 0 saturated carbocycles. The van der Waals surface area contributed by atoms with Crippen LogP contribution in [-0.2, 0) is 6.54 Å². The van der Waals surface area contributed by atoms with Gasteiger partial charge in [-0.05, 0) is 50.2 Å². The number of pyridine rings is 3. The van der Waals surface area contributed by atoms with Crippen LogP contribution in [-0.4, -0.2) is 63.9 Å². The number of aromatic nitrogens is 3. The van der Waals surface area contributed by atoms with Gasteiger partial charge in [0.25, 0.3) is 11.8 Å². The number of rotatable bonds is 7. The van der Waals surface area contributed by atoms with E-state index in [4.69, 9.17) is 0 Å². The van der Waals surface area contributed by atoms with Crippen molar-refractivity contribution >= 4 is 35.7 Å². The van der Waals surface area contributed by atoms with Crippen molar-refractivity contribution in [1.82, 2.24) is 25.2 Å². The van der Waals surface area contributed by atoms with Crippen LogP contribution >= 0.6 is 12.4 Å². The number of piperazine rings is 1. The lowest BCUT2D eigenvalue weighted by Crippen LogP contribution is -2.49. The van der Waals surface area contributed by atoms with Gasteiger partial charge >= 0.3 is 0 Å². The van der Waals surface area contributed by atoms with Gasteiger partial charge in [0.15, 0.2) is 5.82 Å². The Kier molecular flexibility index (Phi) is 8.97. The van der Waals surface area contributed by atoms with Crippen LogP contribution in [0.1, 0.15) is 40.4 Å². The maximum atomic E-state index is 13.0. The Morgan fingerprint density at radius 3 is 2.37 bits per heavy atom. The summed E-state index contributed by atoms with van der Waals surface area (Å²) < 4.78 is 0. The molecule has 2 N–H and O–H groups in total. The number of nitrogens with one attached hydrogen (secondary N) is 2. The Labute approximate surface area is 211 Å². The Morgan fingerprint density at radius 2 is 1.71 bits per heavy atom. The van der Waals surface area contributed by atoms with Gasteiger partial charge in [0.1, 0.15) is 5.69 Å². The predicted molar refractivity (Wildman–Crippen MR) is 138 cm³/mol. The molecule has 1 saturated heterocycles. The first-order valence-electron chi connectivity index (χ1n) is 11.4. The molecular formula is C25H30ClN7O2. The van der Waals surface area contributed by atoms with E-state index in [0.29, 0.717) is 50.0 Å². The monoisotopic (exact) mass is 495 g/mol. The van der Waals surface area contributed by atoms with Crippen LogP contribution in [0.2, 0.25) is 0 Å². The normalized spacial score (nSPS) is 13.2. The van der Waals surface area contributed by atoms with Gasteiger partial charge in [-0.1, -0.05) is 6.07 Å². The lowest BCUT2D eigenvalue weighted by atomic mass is 10.2. The predicted octanol–water partition coefficient (Wildman–Crippen LogP) is 3.01. The topological polar surface area (TPSA) is 103 Å². The molecule has 35 heavy (non-hydrogen) atoms. The number of carbonyl (C=O) groups is 2. The highest BCUT2D eigenvalue weighted by molar-refractivity contribution is 5.96. The smallest absolute Gasteiger partial charge is 0.272 e. The Hall–Kier alpha value is -3.72. The number of halogens is 1. The molecule has 2 amide bonds. The van der Waals surface area contributed by atoms with E-state index in [2.05, 4.69) is 44.3 Å². The second-order valence-electron chi connectivity index (χ2n) is 8.39. The van der Waals surface area contributed by atoms with Crippen LogP contribution in [0.25, 0.3) is 0 Å². The molecule has 10 heteroatoms. The van der Waals surface area contributed by atoms with Crippen molar-refractivity contribution < 1.29 is 9.59 Å². The second-order valence-corrected chi connectivity index (χ2v) is 8.39. The largest absolute Gasteiger partial charge is 0.380 e. The van der Waals surface area contributed by atoms with E-state index >= 15 is 0 Å². The Bertz CT molecular complexity index is 1120. The zero-order valence-electron chi connectivity index (χ0n) is 19.8. The molecule has 1 aliphatic heterocycles. The molecule has 0 radical (unpaired) electrons. The van der Waals surface area contributed by atoms with Gasteiger partial charge < -0.3 is 20.4 Å². The third-order valence-electron chi connectivity index (χ3n) is 5.50. The fraction of sp³-hybridized carbons (Fsp3) is 0.320. The van der Waals surface area contributed by atoms with E-state index in [1.807, 2.05) is 30.3 Å². The highest BCUT2D eigenvalue weighted by Crippen LogP contribution is 2.24. The van der Waals surface area contributed by atoms with Crippen molar-refractivity contribution in [3.63, 3.8) is 0 Å². The molecule has 1 aliphatic rings. The average molecular weight is 496 g/mol. The van der Waals surface area contributed by atoms with Crippen LogP contribution in [0.15, 0.2) is 61.1 Å². The number of hydrogen-bond donors (Lipinski definition) is 2. The molecular weight excluding hydrogens is 466 g/mol. The van der Waals surface area contributed by atoms with E-state index in [1.165, 1.54) is 6.20 Å². The molecule has 0 atom stereocenters. The summed E-state index contributed by atoms with van der Waals surface area (Å²) in [5.74, 6) is 0.510. The highest BCUT2D eigenvalue weighted by atomic mass is 35.5. The molecule has 0 bridgehead atoms. The number of anilines is 2. The molecule has 0 aliphatic carbocycles. The minimum atomic E-state index is -0.257. The second kappa shape index (κ2) is 12.1. The minimum Gasteiger partial charge on any atom is -0.380 e. The first-order valence-corrected chi connectivity index (χ1v) is 11.4. The lowest BCUT2D eigenvalue weighted by Gasteiger charge is -2.36. The van der Waals surface area contributed by atoms with E-state index in [1.54, 1.807) is 29.4 Å². The molecule has 4 heterocycles. The third-order valence-corrected chi connectivity index (χ3v) is 5.50. The van der Waals surface area contributed by atoms with Crippen LogP contribution in [0, 0.1) is 0 Å². The number of nitrogens with zero attached hydrogens (tertiary/aromatic N) is 5. The summed E-state index contributed by atoms with van der Waals surface area (Å²) >= 11 is 0. The minimum absolute atomic E-state index is 0. The van der Waals surface area contributed by atoms with Crippen LogP contribution in [0.4, 0.5) is 11.5 Å². The summed E-state index contributed by atoms with van der Waals surface area (Å²) in [5, 5.41) is 6.24. The molecule has 3 aromatic heterocycles. The molecule has 9 nitrogen and oxygen atoms in total. The van der Waals surface area contributed by atoms with Crippen molar-refractivity contribution in [2.75, 3.05) is 36.4 Å². The maximum absolute atomic E-state index is 13.0. The fourth-order valence-corrected chi connectivity index (χ4v) is 3.79. The van der Waals surface area contributed by atoms with Crippen molar-refractivity contribution in [2.24, 2.45) is 0 Å². The van der Waals surface area contributed by atoms with E-state index < -0.39 is 0 Å². The molecule has 0 spiro atoms. The summed E-state index contributed by atoms with van der Waals surface area (Å²) in [6.45, 7) is 7.03. The fourth-order valence-electron chi connectivity index (χ4n) is 3.79. The number of amides is 2. The zero-order chi connectivity index (χ0) is 23.9. The first-order chi connectivity index (χ1) is 16.5. The van der Waals surface area contributed by atoms with Crippen molar-refractivity contribution in [3.05, 3.63) is 78.0 Å². The highest BCUT2D eigenvalue weighted by Gasteiger charge is 2.25. The van der Waals surface area contributed by atoms with E-state index in [0.717, 1.165) is 17.2 Å². The SMILES string of the molecule is CC(C)Nc1cccnc1N1CCN(C(=O)c2ccc(C(=O)NCc3ccccn3)cn2)CC1.Cl. The van der Waals surface area contributed by atoms with Crippen LogP contribution < -0.4 is 15.5 Å². The Balaban J connectivity index is 0.00000342. The standard InChI is InChI=1S/C25H29N7O2.ClH/c1-18(2)30-21-7-5-11-27-23(21)31-12-14-32(15-13-31)25(34)22-9-8-19(16-28-22)24(33)29-17-20-6-3-4-10-26-20;/h3-11,16,18,30H,12-15,17H2,1-2H3,(H,29,33);1H. The summed E-state index contributed by atoms with van der Waals surface area (Å²) in [4.78, 5) is 42.3. The van der Waals surface area contributed by atoms with Gasteiger partial charge in [-0.3, -0.25) is 19.6 Å². The third kappa shape index (κ3) is 6.66. The summed E-state index contributed by atoms with van der Waals surface area (Å²) in [7, 11) is 0. The molecule has 0 aromatic carbocycles. The average Bonchev–Trinajstić information content (AvgIpc) is 2.88. The van der Waals surface area contributed by atoms with E-state index in [9.17, 15) is 9.59 Å². The molecule has 0 unspecified atom stereocenters. The maximum Gasteiger partial charge on any atom is 0.272 e. The first kappa shape index (κ1) is 25.9. The van der Waals surface area contributed by atoms with Crippen molar-refractivity contribution in [1.29, 1.82) is 0 Å². The number of hydrogen-bond acceptors (Lipinski definition) is 7. The van der Waals surface area contributed by atoms with E-state index in [-0.39, 0.29) is 24.2 Å². The van der Waals surface area contributed by atoms with Gasteiger partial charge in [0, 0.05) is 50.8 Å². The van der Waals surface area contributed by atoms with Gasteiger partial charge in [-0.2, -0.15) is 0 Å². The van der Waals surface area contributed by atoms with Crippen molar-refractivity contribution in [3.8, 4) is 0 Å². The van der Waals surface area contributed by atoms with Gasteiger partial charge in [-0.25, -0.2) is 4.98 Å². The zero-order valence-corrected chi connectivity index (χ0v) is 20.7. The molecule has 1 fully saturated rings. The number of carbonyl (C=O) groups excluding carboxylic acids is 2.